The highest BCUT2D eigenvalue weighted by molar-refractivity contribution is 5.95. The van der Waals surface area contributed by atoms with Gasteiger partial charge in [-0.2, -0.15) is 0 Å². The molecule has 1 amide bonds. The van der Waals surface area contributed by atoms with Gasteiger partial charge in [0, 0.05) is 38.3 Å². The van der Waals surface area contributed by atoms with Gasteiger partial charge >= 0.3 is 0 Å². The van der Waals surface area contributed by atoms with Gasteiger partial charge in [-0.15, -0.1) is 0 Å². The first-order valence-electron chi connectivity index (χ1n) is 8.13. The van der Waals surface area contributed by atoms with E-state index >= 15 is 0 Å². The fourth-order valence-electron chi connectivity index (χ4n) is 2.61. The van der Waals surface area contributed by atoms with Crippen LogP contribution in [-0.2, 0) is 6.42 Å². The first-order valence-corrected chi connectivity index (χ1v) is 8.13. The molecule has 0 aliphatic rings. The molecule has 124 valence electrons. The van der Waals surface area contributed by atoms with E-state index in [0.29, 0.717) is 12.1 Å². The summed E-state index contributed by atoms with van der Waals surface area (Å²) < 4.78 is 0. The van der Waals surface area contributed by atoms with Crippen LogP contribution >= 0.6 is 0 Å². The number of aromatic amines is 1. The number of anilines is 1. The minimum atomic E-state index is -0.0386. The van der Waals surface area contributed by atoms with Crippen molar-refractivity contribution in [3.63, 3.8) is 0 Å². The van der Waals surface area contributed by atoms with E-state index in [1.165, 1.54) is 0 Å². The Balaban J connectivity index is 1.51. The van der Waals surface area contributed by atoms with Crippen molar-refractivity contribution in [3.05, 3.63) is 59.9 Å². The van der Waals surface area contributed by atoms with E-state index in [0.717, 1.165) is 35.4 Å². The summed E-state index contributed by atoms with van der Waals surface area (Å²) in [6.45, 7) is 0.627. The fourth-order valence-corrected chi connectivity index (χ4v) is 2.61. The number of carbonyl (C=O) groups is 1. The normalized spacial score (nSPS) is 10.8. The number of aromatic nitrogens is 2. The maximum Gasteiger partial charge on any atom is 0.251 e. The van der Waals surface area contributed by atoms with Gasteiger partial charge in [-0.05, 0) is 36.8 Å². The number of carbonyl (C=O) groups excluding carboxylic acids is 1. The summed E-state index contributed by atoms with van der Waals surface area (Å²) in [7, 11) is 3.93. The average molecular weight is 322 g/mol. The summed E-state index contributed by atoms with van der Waals surface area (Å²) in [5, 5.41) is 2.97. The van der Waals surface area contributed by atoms with E-state index in [-0.39, 0.29) is 5.91 Å². The number of amides is 1. The molecular weight excluding hydrogens is 300 g/mol. The van der Waals surface area contributed by atoms with Crippen LogP contribution in [0.1, 0.15) is 22.6 Å². The lowest BCUT2D eigenvalue weighted by Crippen LogP contribution is -2.25. The predicted octanol–water partition coefficient (Wildman–Crippen LogP) is 2.99. The second-order valence-electron chi connectivity index (χ2n) is 6.00. The van der Waals surface area contributed by atoms with Crippen molar-refractivity contribution in [2.75, 3.05) is 25.5 Å². The number of nitrogens with zero attached hydrogens (tertiary/aromatic N) is 2. The second kappa shape index (κ2) is 7.17. The Kier molecular flexibility index (Phi) is 4.79. The van der Waals surface area contributed by atoms with Crippen molar-refractivity contribution in [1.82, 2.24) is 15.3 Å². The van der Waals surface area contributed by atoms with Crippen LogP contribution in [0.3, 0.4) is 0 Å². The number of fused-ring (bicyclic) bond motifs is 1. The van der Waals surface area contributed by atoms with Crippen LogP contribution in [0.4, 0.5) is 5.69 Å². The van der Waals surface area contributed by atoms with E-state index in [2.05, 4.69) is 15.3 Å². The third kappa shape index (κ3) is 3.74. The molecule has 0 radical (unpaired) electrons. The largest absolute Gasteiger partial charge is 0.378 e. The van der Waals surface area contributed by atoms with Crippen LogP contribution in [-0.4, -0.2) is 36.5 Å². The average Bonchev–Trinajstić information content (AvgIpc) is 3.01. The molecule has 5 nitrogen and oxygen atoms in total. The lowest BCUT2D eigenvalue weighted by Gasteiger charge is -2.13. The van der Waals surface area contributed by atoms with Crippen molar-refractivity contribution < 1.29 is 4.79 Å². The SMILES string of the molecule is CN(C)c1cccc(C(=O)NCCCc2nc3ccccc3[nH]2)c1. The van der Waals surface area contributed by atoms with Crippen LogP contribution in [0.5, 0.6) is 0 Å². The fraction of sp³-hybridized carbons (Fsp3) is 0.263. The molecule has 0 saturated heterocycles. The maximum atomic E-state index is 12.2. The standard InChI is InChI=1S/C19H22N4O/c1-23(2)15-8-5-7-14(13-15)19(24)20-12-6-11-18-21-16-9-3-4-10-17(16)22-18/h3-5,7-10,13H,6,11-12H2,1-2H3,(H,20,24)(H,21,22). The van der Waals surface area contributed by atoms with Crippen molar-refractivity contribution in [2.45, 2.75) is 12.8 Å². The molecule has 0 saturated carbocycles. The lowest BCUT2D eigenvalue weighted by atomic mass is 10.1. The third-order valence-corrected chi connectivity index (χ3v) is 3.94. The van der Waals surface area contributed by atoms with E-state index < -0.39 is 0 Å². The number of aryl methyl sites for hydroxylation is 1. The quantitative estimate of drug-likeness (QED) is 0.686. The molecule has 1 heterocycles. The molecule has 0 unspecified atom stereocenters. The molecule has 0 bridgehead atoms. The molecule has 3 aromatic rings. The summed E-state index contributed by atoms with van der Waals surface area (Å²) in [5.41, 5.74) is 3.74. The Morgan fingerprint density at radius 2 is 2.00 bits per heavy atom. The van der Waals surface area contributed by atoms with Gasteiger partial charge in [0.1, 0.15) is 5.82 Å². The Bertz CT molecular complexity index is 805. The summed E-state index contributed by atoms with van der Waals surface area (Å²) in [6.07, 6.45) is 1.66. The molecule has 0 aliphatic heterocycles. The highest BCUT2D eigenvalue weighted by atomic mass is 16.1. The van der Waals surface area contributed by atoms with Gasteiger partial charge < -0.3 is 15.2 Å². The predicted molar refractivity (Wildman–Crippen MR) is 97.5 cm³/mol. The van der Waals surface area contributed by atoms with Crippen molar-refractivity contribution in [3.8, 4) is 0 Å². The monoisotopic (exact) mass is 322 g/mol. The minimum absolute atomic E-state index is 0.0386. The summed E-state index contributed by atoms with van der Waals surface area (Å²) in [5.74, 6) is 0.920. The molecule has 2 N–H and O–H groups in total. The van der Waals surface area contributed by atoms with Crippen LogP contribution in [0, 0.1) is 0 Å². The first kappa shape index (κ1) is 16.1. The van der Waals surface area contributed by atoms with Crippen LogP contribution < -0.4 is 10.2 Å². The second-order valence-corrected chi connectivity index (χ2v) is 6.00. The van der Waals surface area contributed by atoms with Crippen LogP contribution in [0.25, 0.3) is 11.0 Å². The topological polar surface area (TPSA) is 61.0 Å². The van der Waals surface area contributed by atoms with Gasteiger partial charge in [0.25, 0.3) is 5.91 Å². The molecule has 0 spiro atoms. The van der Waals surface area contributed by atoms with Crippen molar-refractivity contribution >= 4 is 22.6 Å². The zero-order valence-electron chi connectivity index (χ0n) is 14.0. The van der Waals surface area contributed by atoms with Crippen LogP contribution in [0.2, 0.25) is 0 Å². The van der Waals surface area contributed by atoms with E-state index in [4.69, 9.17) is 0 Å². The molecule has 1 aromatic heterocycles. The molecule has 24 heavy (non-hydrogen) atoms. The van der Waals surface area contributed by atoms with Crippen molar-refractivity contribution in [1.29, 1.82) is 0 Å². The number of nitrogens with one attached hydrogen (secondary N) is 2. The first-order chi connectivity index (χ1) is 11.6. The van der Waals surface area contributed by atoms with E-state index in [1.807, 2.05) is 67.5 Å². The molecule has 3 rings (SSSR count). The third-order valence-electron chi connectivity index (χ3n) is 3.94. The Morgan fingerprint density at radius 3 is 2.79 bits per heavy atom. The summed E-state index contributed by atoms with van der Waals surface area (Å²) in [4.78, 5) is 22.1. The number of rotatable bonds is 6. The number of benzene rings is 2. The molecule has 0 fully saturated rings. The number of hydrogen-bond donors (Lipinski definition) is 2. The molecule has 2 aromatic carbocycles. The number of imidazole rings is 1. The lowest BCUT2D eigenvalue weighted by molar-refractivity contribution is 0.0953. The van der Waals surface area contributed by atoms with Gasteiger partial charge in [0.15, 0.2) is 0 Å². The van der Waals surface area contributed by atoms with Gasteiger partial charge in [-0.25, -0.2) is 4.98 Å². The minimum Gasteiger partial charge on any atom is -0.378 e. The molecule has 5 heteroatoms. The van der Waals surface area contributed by atoms with Gasteiger partial charge in [0.2, 0.25) is 0 Å². The summed E-state index contributed by atoms with van der Waals surface area (Å²) >= 11 is 0. The van der Waals surface area contributed by atoms with E-state index in [9.17, 15) is 4.79 Å². The highest BCUT2D eigenvalue weighted by Gasteiger charge is 2.07. The smallest absolute Gasteiger partial charge is 0.251 e. The number of para-hydroxylation sites is 2. The summed E-state index contributed by atoms with van der Waals surface area (Å²) in [6, 6.07) is 15.6. The van der Waals surface area contributed by atoms with E-state index in [1.54, 1.807) is 0 Å². The highest BCUT2D eigenvalue weighted by Crippen LogP contribution is 2.13. The molecular formula is C19H22N4O. The van der Waals surface area contributed by atoms with Crippen molar-refractivity contribution in [2.24, 2.45) is 0 Å². The maximum absolute atomic E-state index is 12.2. The van der Waals surface area contributed by atoms with Gasteiger partial charge in [0.05, 0.1) is 11.0 Å². The number of hydrogen-bond acceptors (Lipinski definition) is 3. The zero-order valence-corrected chi connectivity index (χ0v) is 14.0. The van der Waals surface area contributed by atoms with Gasteiger partial charge in [-0.1, -0.05) is 18.2 Å². The molecule has 0 aliphatic carbocycles. The molecule has 0 atom stereocenters. The Hall–Kier alpha value is -2.82. The number of H-pyrrole nitrogens is 1. The van der Waals surface area contributed by atoms with Gasteiger partial charge in [-0.3, -0.25) is 4.79 Å². The zero-order chi connectivity index (χ0) is 16.9. The van der Waals surface area contributed by atoms with Crippen LogP contribution in [0.15, 0.2) is 48.5 Å². The Labute approximate surface area is 141 Å². The Morgan fingerprint density at radius 1 is 1.17 bits per heavy atom.